The van der Waals surface area contributed by atoms with Crippen molar-refractivity contribution in [2.24, 2.45) is 11.3 Å². The van der Waals surface area contributed by atoms with E-state index < -0.39 is 18.3 Å². The Morgan fingerprint density at radius 2 is 1.32 bits per heavy atom. The van der Waals surface area contributed by atoms with Gasteiger partial charge in [0.05, 0.1) is 0 Å². The number of rotatable bonds is 4. The van der Waals surface area contributed by atoms with Gasteiger partial charge in [0.25, 0.3) is 0 Å². The van der Waals surface area contributed by atoms with Crippen molar-refractivity contribution in [3.63, 3.8) is 0 Å². The topological polar surface area (TPSA) is 0 Å². The molecular formula is C37H40Cl2Zr. The molecule has 4 aromatic carbocycles. The summed E-state index contributed by atoms with van der Waals surface area (Å²) in [6.45, 7) is 11.6. The van der Waals surface area contributed by atoms with Gasteiger partial charge >= 0.3 is 231 Å². The molecule has 0 radical (unpaired) electrons. The Bertz CT molecular complexity index is 1680. The monoisotopic (exact) mass is 644 g/mol. The van der Waals surface area contributed by atoms with Crippen molar-refractivity contribution >= 4 is 38.8 Å². The molecule has 0 spiro atoms. The SMILES string of the molecule is Cl.Cl.[CH2]=[Zr]([C]1=CC(C(C)(C)C)=CC1C)([c]1ccccc1)([c]1ccc(C)cc1)[c]1cccc2c1Cc1ccccc1-2. The summed E-state index contributed by atoms with van der Waals surface area (Å²) in [4.78, 5) is 0. The number of aryl methyl sites for hydroxylation is 1. The van der Waals surface area contributed by atoms with Gasteiger partial charge in [-0.15, -0.1) is 24.8 Å². The Morgan fingerprint density at radius 3 is 1.98 bits per heavy atom. The molecule has 40 heavy (non-hydrogen) atoms. The van der Waals surface area contributed by atoms with E-state index in [2.05, 4.69) is 144 Å². The van der Waals surface area contributed by atoms with E-state index in [0.717, 1.165) is 6.42 Å². The van der Waals surface area contributed by atoms with Gasteiger partial charge in [-0.3, -0.25) is 0 Å². The molecule has 0 saturated heterocycles. The minimum absolute atomic E-state index is 0. The van der Waals surface area contributed by atoms with Crippen LogP contribution < -0.4 is 9.81 Å². The van der Waals surface area contributed by atoms with Gasteiger partial charge < -0.3 is 0 Å². The Kier molecular flexibility index (Phi) is 8.30. The van der Waals surface area contributed by atoms with Gasteiger partial charge in [0, 0.05) is 0 Å². The summed E-state index contributed by atoms with van der Waals surface area (Å²) in [6, 6.07) is 36.8. The van der Waals surface area contributed by atoms with Crippen molar-refractivity contribution in [3.8, 4) is 11.1 Å². The number of fused-ring (bicyclic) bond motifs is 3. The molecule has 0 aliphatic heterocycles. The van der Waals surface area contributed by atoms with Gasteiger partial charge in [-0.25, -0.2) is 0 Å². The van der Waals surface area contributed by atoms with Gasteiger partial charge in [-0.05, 0) is 0 Å². The van der Waals surface area contributed by atoms with Crippen molar-refractivity contribution in [2.75, 3.05) is 0 Å². The number of benzene rings is 4. The predicted molar refractivity (Wildman–Crippen MR) is 178 cm³/mol. The third-order valence-electron chi connectivity index (χ3n) is 9.28. The quantitative estimate of drug-likeness (QED) is 0.184. The van der Waals surface area contributed by atoms with Crippen LogP contribution >= 0.6 is 24.8 Å². The third-order valence-corrected chi connectivity index (χ3v) is 25.9. The van der Waals surface area contributed by atoms with Crippen LogP contribution in [0.5, 0.6) is 0 Å². The Balaban J connectivity index is 0.00000185. The molecule has 0 nitrogen and oxygen atoms in total. The number of hydrogen-bond acceptors (Lipinski definition) is 0. The van der Waals surface area contributed by atoms with E-state index in [1.807, 2.05) is 0 Å². The third kappa shape index (κ3) is 4.41. The normalized spacial score (nSPS) is 16.2. The van der Waals surface area contributed by atoms with Crippen molar-refractivity contribution in [1.29, 1.82) is 0 Å². The van der Waals surface area contributed by atoms with Gasteiger partial charge in [0.15, 0.2) is 0 Å². The molecule has 2 aliphatic rings. The average Bonchev–Trinajstić information content (AvgIpc) is 3.50. The molecule has 0 amide bonds. The molecule has 4 aromatic rings. The van der Waals surface area contributed by atoms with Crippen LogP contribution in [-0.4, -0.2) is 4.21 Å². The molecule has 0 saturated carbocycles. The molecule has 0 heterocycles. The summed E-state index contributed by atoms with van der Waals surface area (Å²) >= 11 is -4.70. The first kappa shape index (κ1) is 30.6. The van der Waals surface area contributed by atoms with Crippen LogP contribution in [0.25, 0.3) is 11.1 Å². The fourth-order valence-electron chi connectivity index (χ4n) is 7.20. The molecular weight excluding hydrogens is 607 g/mol. The van der Waals surface area contributed by atoms with Crippen LogP contribution in [0.15, 0.2) is 118 Å². The van der Waals surface area contributed by atoms with Crippen LogP contribution in [0, 0.1) is 18.3 Å². The summed E-state index contributed by atoms with van der Waals surface area (Å²) in [6.07, 6.45) is 6.06. The van der Waals surface area contributed by atoms with E-state index in [4.69, 9.17) is 4.21 Å². The maximum atomic E-state index is 5.64. The van der Waals surface area contributed by atoms with E-state index >= 15 is 0 Å². The van der Waals surface area contributed by atoms with E-state index in [-0.39, 0.29) is 30.2 Å². The Hall–Kier alpha value is -2.31. The molecule has 0 bridgehead atoms. The molecule has 206 valence electrons. The molecule has 0 fully saturated rings. The van der Waals surface area contributed by atoms with E-state index in [9.17, 15) is 0 Å². The van der Waals surface area contributed by atoms with Crippen LogP contribution in [-0.2, 0) is 24.7 Å². The van der Waals surface area contributed by atoms with Gasteiger partial charge in [-0.1, -0.05) is 0 Å². The first-order valence-electron chi connectivity index (χ1n) is 13.9. The molecule has 0 N–H and O–H groups in total. The number of allylic oxidation sites excluding steroid dienone is 4. The van der Waals surface area contributed by atoms with Crippen molar-refractivity contribution in [3.05, 3.63) is 135 Å². The fraction of sp³-hybridized carbons (Fsp3) is 0.216. The minimum atomic E-state index is -4.70. The summed E-state index contributed by atoms with van der Waals surface area (Å²) < 4.78 is 11.5. The van der Waals surface area contributed by atoms with E-state index in [0.29, 0.717) is 5.92 Å². The second-order valence-corrected chi connectivity index (χ2v) is 25.4. The van der Waals surface area contributed by atoms with Gasteiger partial charge in [-0.2, -0.15) is 0 Å². The molecule has 0 aromatic heterocycles. The van der Waals surface area contributed by atoms with Crippen molar-refractivity contribution in [1.82, 2.24) is 0 Å². The Labute approximate surface area is 253 Å². The molecule has 6 rings (SSSR count). The summed E-state index contributed by atoms with van der Waals surface area (Å²) in [7, 11) is 0. The van der Waals surface area contributed by atoms with Crippen molar-refractivity contribution in [2.45, 2.75) is 41.0 Å². The zero-order valence-corrected chi connectivity index (χ0v) is 28.3. The van der Waals surface area contributed by atoms with E-state index in [1.54, 1.807) is 3.28 Å². The summed E-state index contributed by atoms with van der Waals surface area (Å²) in [5.41, 5.74) is 8.49. The van der Waals surface area contributed by atoms with Gasteiger partial charge in [0.2, 0.25) is 0 Å². The maximum absolute atomic E-state index is 5.64. The number of halogens is 2. The fourth-order valence-corrected chi connectivity index (χ4v) is 23.6. The molecule has 1 atom stereocenters. The van der Waals surface area contributed by atoms with Crippen molar-refractivity contribution < 1.29 is 18.3 Å². The van der Waals surface area contributed by atoms with Crippen LogP contribution in [0.2, 0.25) is 0 Å². The molecule has 2 aliphatic carbocycles. The Morgan fingerprint density at radius 1 is 0.725 bits per heavy atom. The summed E-state index contributed by atoms with van der Waals surface area (Å²) in [5, 5.41) is 0. The second kappa shape index (κ2) is 10.8. The predicted octanol–water partition coefficient (Wildman–Crippen LogP) is 8.31. The standard InChI is InChI=1S/C13H9.C10H15.C7H7.C6H5.CH2.2ClH.Zr/c1-3-7-12-10(5-1)9-11-6-2-4-8-13(11)12;1-8-5-6-9(7-8)10(2,3)4;1-7-5-3-2-4-6-7;1-2-4-6-5-3-1;;;;/h1-5,7-8H,9H2;6-8H,1-4H3;3-6H,1H3;1-5H;1H2;2*1H;. The summed E-state index contributed by atoms with van der Waals surface area (Å²) in [5.74, 6) is 0.327. The zero-order valence-electron chi connectivity index (χ0n) is 24.2. The number of hydrogen-bond donors (Lipinski definition) is 0. The van der Waals surface area contributed by atoms with Gasteiger partial charge in [0.1, 0.15) is 0 Å². The first-order chi connectivity index (χ1) is 18.1. The molecule has 3 heteroatoms. The second-order valence-electron chi connectivity index (χ2n) is 12.6. The van der Waals surface area contributed by atoms with E-state index in [1.165, 1.54) is 43.2 Å². The molecule has 1 unspecified atom stereocenters. The van der Waals surface area contributed by atoms with Crippen LogP contribution in [0.4, 0.5) is 0 Å². The first-order valence-corrected chi connectivity index (χ1v) is 20.6. The van der Waals surface area contributed by atoms with Crippen LogP contribution in [0.1, 0.15) is 44.4 Å². The average molecular weight is 647 g/mol. The van der Waals surface area contributed by atoms with Crippen LogP contribution in [0.3, 0.4) is 0 Å². The zero-order chi connectivity index (χ0) is 26.7.